The minimum absolute atomic E-state index is 0.154. The molecule has 1 aromatic heterocycles. The predicted molar refractivity (Wildman–Crippen MR) is 56.5 cm³/mol. The van der Waals surface area contributed by atoms with Gasteiger partial charge < -0.3 is 14.7 Å². The highest BCUT2D eigenvalue weighted by atomic mass is 16.5. The van der Waals surface area contributed by atoms with Gasteiger partial charge in [0.15, 0.2) is 0 Å². The number of rotatable bonds is 4. The van der Waals surface area contributed by atoms with Gasteiger partial charge in [0.1, 0.15) is 17.9 Å². The van der Waals surface area contributed by atoms with Gasteiger partial charge in [0.2, 0.25) is 0 Å². The fourth-order valence-corrected chi connectivity index (χ4v) is 1.78. The third-order valence-corrected chi connectivity index (χ3v) is 2.61. The topological polar surface area (TPSA) is 95.5 Å². The molecule has 17 heavy (non-hydrogen) atoms. The number of aromatic amines is 1. The number of nitrogens with zero attached hydrogens (tertiary/aromatic N) is 2. The van der Waals surface area contributed by atoms with Crippen molar-refractivity contribution in [2.45, 2.75) is 12.5 Å². The van der Waals surface area contributed by atoms with E-state index < -0.39 is 11.6 Å². The summed E-state index contributed by atoms with van der Waals surface area (Å²) in [6, 6.07) is 1.59. The first-order valence-electron chi connectivity index (χ1n) is 5.15. The van der Waals surface area contributed by atoms with E-state index in [2.05, 4.69) is 10.2 Å². The van der Waals surface area contributed by atoms with Crippen molar-refractivity contribution in [2.75, 3.05) is 19.7 Å². The monoisotopic (exact) mass is 239 g/mol. The molecule has 1 aliphatic heterocycles. The van der Waals surface area contributed by atoms with Crippen LogP contribution in [0.25, 0.3) is 0 Å². The summed E-state index contributed by atoms with van der Waals surface area (Å²) < 4.78 is 5.21. The summed E-state index contributed by atoms with van der Waals surface area (Å²) in [6.07, 6.45) is 1.51. The van der Waals surface area contributed by atoms with Gasteiger partial charge in [-0.2, -0.15) is 5.10 Å². The Morgan fingerprint density at radius 1 is 1.65 bits per heavy atom. The van der Waals surface area contributed by atoms with E-state index in [1.54, 1.807) is 17.9 Å². The lowest BCUT2D eigenvalue weighted by Gasteiger charge is -2.46. The van der Waals surface area contributed by atoms with Crippen molar-refractivity contribution in [3.8, 4) is 0 Å². The van der Waals surface area contributed by atoms with E-state index in [1.807, 2.05) is 0 Å². The van der Waals surface area contributed by atoms with Gasteiger partial charge in [0.05, 0.1) is 13.1 Å². The Kier molecular flexibility index (Phi) is 2.84. The molecule has 1 saturated heterocycles. The highest BCUT2D eigenvalue weighted by Gasteiger charge is 2.43. The molecular formula is C10H13N3O4. The predicted octanol–water partition coefficient (Wildman–Crippen LogP) is -0.275. The molecule has 0 spiro atoms. The number of aliphatic carboxylic acids is 1. The number of hydrogen-bond donors (Lipinski definition) is 2. The lowest BCUT2D eigenvalue weighted by Crippen LogP contribution is -2.63. The highest BCUT2D eigenvalue weighted by Crippen LogP contribution is 2.25. The van der Waals surface area contributed by atoms with Crippen LogP contribution in [0.2, 0.25) is 0 Å². The molecule has 0 unspecified atom stereocenters. The quantitative estimate of drug-likeness (QED) is 0.753. The van der Waals surface area contributed by atoms with Gasteiger partial charge >= 0.3 is 5.97 Å². The van der Waals surface area contributed by atoms with Gasteiger partial charge in [0, 0.05) is 6.20 Å². The number of likely N-dealkylation sites (tertiary alicyclic amines) is 1. The summed E-state index contributed by atoms with van der Waals surface area (Å²) in [5.41, 5.74) is -0.140. The third kappa shape index (κ3) is 2.44. The first-order chi connectivity index (χ1) is 8.00. The number of ether oxygens (including phenoxy) is 1. The van der Waals surface area contributed by atoms with Crippen LogP contribution in [-0.4, -0.2) is 57.4 Å². The van der Waals surface area contributed by atoms with Crippen LogP contribution < -0.4 is 0 Å². The Labute approximate surface area is 97.4 Å². The number of carboxylic acid groups (broad SMARTS) is 1. The minimum Gasteiger partial charge on any atom is -0.480 e. The second-order valence-electron chi connectivity index (χ2n) is 4.26. The maximum Gasteiger partial charge on any atom is 0.329 e. The number of nitrogens with one attached hydrogen (secondary N) is 1. The van der Waals surface area contributed by atoms with Gasteiger partial charge in [-0.05, 0) is 13.0 Å². The molecule has 0 radical (unpaired) electrons. The lowest BCUT2D eigenvalue weighted by atomic mass is 9.96. The average molecular weight is 239 g/mol. The number of carbonyl (C=O) groups excluding carboxylic acids is 1. The van der Waals surface area contributed by atoms with E-state index in [-0.39, 0.29) is 12.5 Å². The first kappa shape index (κ1) is 11.6. The van der Waals surface area contributed by atoms with Gasteiger partial charge in [-0.15, -0.1) is 0 Å². The number of carboxylic acids is 1. The standard InChI is InChI=1S/C10H13N3O4/c1-10(17-4-8(14)15)5-13(6-10)9(16)7-2-3-11-12-7/h2-3H,4-6H2,1H3,(H,11,12)(H,14,15). The summed E-state index contributed by atoms with van der Waals surface area (Å²) in [5, 5.41) is 14.8. The average Bonchev–Trinajstić information content (AvgIpc) is 2.74. The van der Waals surface area contributed by atoms with Gasteiger partial charge in [-0.1, -0.05) is 0 Å². The summed E-state index contributed by atoms with van der Waals surface area (Å²) >= 11 is 0. The molecule has 7 heteroatoms. The molecule has 2 heterocycles. The molecule has 1 fully saturated rings. The number of aromatic nitrogens is 2. The molecule has 0 aliphatic carbocycles. The van der Waals surface area contributed by atoms with E-state index in [9.17, 15) is 9.59 Å². The molecule has 0 saturated carbocycles. The lowest BCUT2D eigenvalue weighted by molar-refractivity contribution is -0.159. The van der Waals surface area contributed by atoms with E-state index in [1.165, 1.54) is 6.20 Å². The molecule has 0 aromatic carbocycles. The zero-order valence-corrected chi connectivity index (χ0v) is 9.34. The Morgan fingerprint density at radius 3 is 2.88 bits per heavy atom. The molecule has 1 aliphatic rings. The van der Waals surface area contributed by atoms with Gasteiger partial charge in [-0.3, -0.25) is 9.89 Å². The smallest absolute Gasteiger partial charge is 0.329 e. The van der Waals surface area contributed by atoms with Crippen LogP contribution >= 0.6 is 0 Å². The molecule has 1 amide bonds. The molecule has 0 atom stereocenters. The molecule has 92 valence electrons. The van der Waals surface area contributed by atoms with Gasteiger partial charge in [-0.25, -0.2) is 4.79 Å². The van der Waals surface area contributed by atoms with E-state index in [4.69, 9.17) is 9.84 Å². The van der Waals surface area contributed by atoms with Crippen molar-refractivity contribution >= 4 is 11.9 Å². The van der Waals surface area contributed by atoms with Crippen LogP contribution in [0.3, 0.4) is 0 Å². The van der Waals surface area contributed by atoms with Gasteiger partial charge in [0.25, 0.3) is 5.91 Å². The fraction of sp³-hybridized carbons (Fsp3) is 0.500. The number of hydrogen-bond acceptors (Lipinski definition) is 4. The highest BCUT2D eigenvalue weighted by molar-refractivity contribution is 5.92. The molecule has 7 nitrogen and oxygen atoms in total. The molecule has 1 aromatic rings. The zero-order chi connectivity index (χ0) is 12.5. The molecule has 0 bridgehead atoms. The number of carbonyl (C=O) groups is 2. The second kappa shape index (κ2) is 4.17. The van der Waals surface area contributed by atoms with Crippen LogP contribution in [0.5, 0.6) is 0 Å². The third-order valence-electron chi connectivity index (χ3n) is 2.61. The number of amides is 1. The maximum absolute atomic E-state index is 11.8. The fourth-order valence-electron chi connectivity index (χ4n) is 1.78. The van der Waals surface area contributed by atoms with Crippen molar-refractivity contribution in [1.82, 2.24) is 15.1 Å². The zero-order valence-electron chi connectivity index (χ0n) is 9.34. The van der Waals surface area contributed by atoms with E-state index >= 15 is 0 Å². The van der Waals surface area contributed by atoms with Crippen LogP contribution in [0.15, 0.2) is 12.3 Å². The van der Waals surface area contributed by atoms with Crippen LogP contribution in [0, 0.1) is 0 Å². The Bertz CT molecular complexity index is 423. The van der Waals surface area contributed by atoms with Crippen molar-refractivity contribution in [2.24, 2.45) is 0 Å². The summed E-state index contributed by atoms with van der Waals surface area (Å²) in [5.74, 6) is -1.16. The molecule has 2 N–H and O–H groups in total. The van der Waals surface area contributed by atoms with E-state index in [0.717, 1.165) is 0 Å². The number of H-pyrrole nitrogens is 1. The Balaban J connectivity index is 1.86. The van der Waals surface area contributed by atoms with E-state index in [0.29, 0.717) is 18.8 Å². The van der Waals surface area contributed by atoms with Crippen LogP contribution in [-0.2, 0) is 9.53 Å². The maximum atomic E-state index is 11.8. The first-order valence-corrected chi connectivity index (χ1v) is 5.15. The van der Waals surface area contributed by atoms with Crippen LogP contribution in [0.1, 0.15) is 17.4 Å². The summed E-state index contributed by atoms with van der Waals surface area (Å²) in [7, 11) is 0. The van der Waals surface area contributed by atoms with Crippen LogP contribution in [0.4, 0.5) is 0 Å². The molecular weight excluding hydrogens is 226 g/mol. The Morgan fingerprint density at radius 2 is 2.35 bits per heavy atom. The summed E-state index contributed by atoms with van der Waals surface area (Å²) in [4.78, 5) is 23.7. The van der Waals surface area contributed by atoms with Crippen molar-refractivity contribution < 1.29 is 19.4 Å². The Hall–Kier alpha value is -1.89. The molecule has 2 rings (SSSR count). The largest absolute Gasteiger partial charge is 0.480 e. The van der Waals surface area contributed by atoms with Crippen molar-refractivity contribution in [3.05, 3.63) is 18.0 Å². The van der Waals surface area contributed by atoms with Crippen molar-refractivity contribution in [3.63, 3.8) is 0 Å². The minimum atomic E-state index is -1.01. The SMILES string of the molecule is CC1(OCC(=O)O)CN(C(=O)c2ccn[nH]2)C1. The second-order valence-corrected chi connectivity index (χ2v) is 4.26. The summed E-state index contributed by atoms with van der Waals surface area (Å²) in [6.45, 7) is 2.21. The normalized spacial score (nSPS) is 17.6. The van der Waals surface area contributed by atoms with Crippen molar-refractivity contribution in [1.29, 1.82) is 0 Å².